The molecule has 2 unspecified atom stereocenters. The first-order valence-electron chi connectivity index (χ1n) is 16.3. The van der Waals surface area contributed by atoms with Crippen molar-refractivity contribution in [3.05, 3.63) is 52.3 Å². The summed E-state index contributed by atoms with van der Waals surface area (Å²) in [4.78, 5) is 40.7. The van der Waals surface area contributed by atoms with E-state index in [1.165, 1.54) is 43.1 Å². The number of aliphatic imine (C=N–C) groups is 1. The fraction of sp³-hybridized carbons (Fsp3) is 0.576. The standard InChI is InChI=1S/C33H45N9O2S/c1-3-28(43)42-17-13-40(14-18-42)23-19-25(37-27(20-23)41-15-11-39(12-16-41)22-7-4-5-8-22)30(35)38-32(44)33(2)10-6-9-26-29(33)24(21-34)31(36)45-26/h3,19-20,22,25,37H,1,4-18,36H2,2H3,(H2,35,38,44). The molecule has 4 heterocycles. The summed E-state index contributed by atoms with van der Waals surface area (Å²) in [5.41, 5.74) is 14.0. The summed E-state index contributed by atoms with van der Waals surface area (Å²) < 4.78 is 0. The lowest BCUT2D eigenvalue weighted by atomic mass is 9.72. The largest absolute Gasteiger partial charge is 0.389 e. The number of nitrogens with one attached hydrogen (secondary N) is 1. The van der Waals surface area contributed by atoms with Crippen LogP contribution in [0.25, 0.3) is 0 Å². The molecule has 5 N–H and O–H groups in total. The molecule has 3 fully saturated rings. The van der Waals surface area contributed by atoms with Gasteiger partial charge in [0.1, 0.15) is 28.8 Å². The van der Waals surface area contributed by atoms with Crippen LogP contribution >= 0.6 is 11.3 Å². The number of rotatable bonds is 6. The summed E-state index contributed by atoms with van der Waals surface area (Å²) in [5, 5.41) is 13.9. The third-order valence-electron chi connectivity index (χ3n) is 10.3. The molecular formula is C33H45N9O2S. The van der Waals surface area contributed by atoms with Gasteiger partial charge in [-0.15, -0.1) is 11.3 Å². The van der Waals surface area contributed by atoms with E-state index in [4.69, 9.17) is 11.5 Å². The summed E-state index contributed by atoms with van der Waals surface area (Å²) in [6, 6.07) is 2.44. The summed E-state index contributed by atoms with van der Waals surface area (Å²) in [5.74, 6) is 0.778. The summed E-state index contributed by atoms with van der Waals surface area (Å²) in [6.45, 7) is 11.9. The van der Waals surface area contributed by atoms with E-state index >= 15 is 0 Å². The van der Waals surface area contributed by atoms with Gasteiger partial charge in [-0.05, 0) is 51.2 Å². The predicted octanol–water partition coefficient (Wildman–Crippen LogP) is 2.27. The van der Waals surface area contributed by atoms with Crippen molar-refractivity contribution in [2.75, 3.05) is 58.1 Å². The van der Waals surface area contributed by atoms with Crippen molar-refractivity contribution in [3.8, 4) is 6.07 Å². The second-order valence-corrected chi connectivity index (χ2v) is 14.1. The van der Waals surface area contributed by atoms with E-state index in [1.54, 1.807) is 0 Å². The van der Waals surface area contributed by atoms with Gasteiger partial charge in [0.05, 0.1) is 11.0 Å². The third kappa shape index (κ3) is 6.08. The molecule has 0 bridgehead atoms. The average Bonchev–Trinajstić information content (AvgIpc) is 3.72. The highest BCUT2D eigenvalue weighted by atomic mass is 32.1. The first kappa shape index (κ1) is 31.2. The van der Waals surface area contributed by atoms with Gasteiger partial charge in [-0.25, -0.2) is 0 Å². The summed E-state index contributed by atoms with van der Waals surface area (Å²) in [7, 11) is 0. The average molecular weight is 632 g/mol. The lowest BCUT2D eigenvalue weighted by Crippen LogP contribution is -2.54. The van der Waals surface area contributed by atoms with Crippen LogP contribution in [0.15, 0.2) is 41.3 Å². The number of allylic oxidation sites excluding steroid dienone is 1. The highest BCUT2D eigenvalue weighted by molar-refractivity contribution is 7.16. The Labute approximate surface area is 269 Å². The monoisotopic (exact) mass is 631 g/mol. The van der Waals surface area contributed by atoms with Crippen LogP contribution in [0.3, 0.4) is 0 Å². The number of carbonyl (C=O) groups excluding carboxylic acids is 2. The Kier molecular flexibility index (Phi) is 8.93. The van der Waals surface area contributed by atoms with E-state index in [9.17, 15) is 14.9 Å². The van der Waals surface area contributed by atoms with E-state index in [1.807, 2.05) is 17.9 Å². The number of nitriles is 1. The minimum absolute atomic E-state index is 0.0515. The molecule has 1 saturated carbocycles. The molecule has 3 aliphatic heterocycles. The van der Waals surface area contributed by atoms with Crippen LogP contribution < -0.4 is 16.8 Å². The molecule has 0 aromatic carbocycles. The van der Waals surface area contributed by atoms with Crippen LogP contribution in [0, 0.1) is 11.3 Å². The lowest BCUT2D eigenvalue weighted by Gasteiger charge is -2.43. The van der Waals surface area contributed by atoms with Crippen molar-refractivity contribution in [3.63, 3.8) is 0 Å². The molecule has 1 aromatic rings. The van der Waals surface area contributed by atoms with Gasteiger partial charge in [0.25, 0.3) is 5.91 Å². The number of anilines is 1. The fourth-order valence-electron chi connectivity index (χ4n) is 7.67. The first-order chi connectivity index (χ1) is 21.7. The first-order valence-corrected chi connectivity index (χ1v) is 17.1. The smallest absolute Gasteiger partial charge is 0.257 e. The van der Waals surface area contributed by atoms with Crippen molar-refractivity contribution in [2.24, 2.45) is 10.7 Å². The topological polar surface area (TPSA) is 147 Å². The number of amides is 2. The van der Waals surface area contributed by atoms with Gasteiger partial charge in [0, 0.05) is 80.6 Å². The molecule has 0 spiro atoms. The maximum atomic E-state index is 13.9. The number of fused-ring (bicyclic) bond motifs is 1. The second kappa shape index (κ2) is 12.9. The van der Waals surface area contributed by atoms with Crippen LogP contribution in [0.4, 0.5) is 5.00 Å². The van der Waals surface area contributed by atoms with E-state index in [-0.39, 0.29) is 17.6 Å². The van der Waals surface area contributed by atoms with Crippen molar-refractivity contribution in [1.29, 1.82) is 5.26 Å². The number of hydrogen-bond donors (Lipinski definition) is 3. The zero-order valence-electron chi connectivity index (χ0n) is 26.3. The molecular weight excluding hydrogens is 586 g/mol. The lowest BCUT2D eigenvalue weighted by molar-refractivity contribution is -0.127. The molecule has 45 heavy (non-hydrogen) atoms. The van der Waals surface area contributed by atoms with Crippen LogP contribution in [0.5, 0.6) is 0 Å². The minimum atomic E-state index is -0.956. The number of thiophene rings is 1. The molecule has 2 amide bonds. The highest BCUT2D eigenvalue weighted by Gasteiger charge is 2.43. The Bertz CT molecular complexity index is 1470. The van der Waals surface area contributed by atoms with E-state index < -0.39 is 11.5 Å². The predicted molar refractivity (Wildman–Crippen MR) is 177 cm³/mol. The Morgan fingerprint density at radius 3 is 2.47 bits per heavy atom. The number of carbonyl (C=O) groups is 2. The number of dihydropyridines is 1. The SMILES string of the molecule is C=CC(=O)N1CCN(C2=CC(C(N)=NC(=O)C3(C)CCCc4sc(N)c(C#N)c43)NC(N3CCN(C4CCCC4)CC3)=C2)CC1. The maximum Gasteiger partial charge on any atom is 0.257 e. The molecule has 12 heteroatoms. The molecule has 5 aliphatic rings. The molecule has 2 aliphatic carbocycles. The van der Waals surface area contributed by atoms with Crippen molar-refractivity contribution in [2.45, 2.75) is 69.4 Å². The zero-order valence-corrected chi connectivity index (χ0v) is 27.1. The molecule has 2 atom stereocenters. The Morgan fingerprint density at radius 1 is 1.11 bits per heavy atom. The molecule has 240 valence electrons. The van der Waals surface area contributed by atoms with Gasteiger partial charge < -0.3 is 31.5 Å². The Balaban J connectivity index is 1.24. The van der Waals surface area contributed by atoms with Gasteiger partial charge in [0.15, 0.2) is 0 Å². The Morgan fingerprint density at radius 2 is 1.80 bits per heavy atom. The number of nitrogens with two attached hydrogens (primary N) is 2. The number of nitrogen functional groups attached to an aromatic ring is 1. The quantitative estimate of drug-likeness (QED) is 0.244. The molecule has 1 aromatic heterocycles. The normalized spacial score (nSPS) is 26.4. The van der Waals surface area contributed by atoms with E-state index in [2.05, 4.69) is 43.7 Å². The number of aryl methyl sites for hydroxylation is 1. The van der Waals surface area contributed by atoms with Gasteiger partial charge >= 0.3 is 0 Å². The van der Waals surface area contributed by atoms with Gasteiger partial charge in [-0.2, -0.15) is 10.3 Å². The van der Waals surface area contributed by atoms with Crippen LogP contribution in [-0.4, -0.2) is 102 Å². The number of nitrogens with zero attached hydrogens (tertiary/aromatic N) is 6. The van der Waals surface area contributed by atoms with Gasteiger partial charge in [-0.3, -0.25) is 14.5 Å². The number of piperazine rings is 2. The van der Waals surface area contributed by atoms with Gasteiger partial charge in [0.2, 0.25) is 5.91 Å². The summed E-state index contributed by atoms with van der Waals surface area (Å²) >= 11 is 1.40. The van der Waals surface area contributed by atoms with Crippen LogP contribution in [-0.2, 0) is 21.4 Å². The van der Waals surface area contributed by atoms with E-state index in [0.717, 1.165) is 61.0 Å². The zero-order chi connectivity index (χ0) is 31.7. The van der Waals surface area contributed by atoms with Crippen LogP contribution in [0.1, 0.15) is 61.5 Å². The highest BCUT2D eigenvalue weighted by Crippen LogP contribution is 2.46. The molecule has 11 nitrogen and oxygen atoms in total. The molecule has 2 saturated heterocycles. The van der Waals surface area contributed by atoms with Crippen LogP contribution in [0.2, 0.25) is 0 Å². The van der Waals surface area contributed by atoms with Crippen molar-refractivity contribution >= 4 is 34.0 Å². The molecule has 0 radical (unpaired) electrons. The number of hydrogen-bond acceptors (Lipinski definition) is 9. The van der Waals surface area contributed by atoms with Crippen molar-refractivity contribution < 1.29 is 9.59 Å². The van der Waals surface area contributed by atoms with Gasteiger partial charge in [-0.1, -0.05) is 19.4 Å². The second-order valence-electron chi connectivity index (χ2n) is 13.0. The molecule has 6 rings (SSSR count). The van der Waals surface area contributed by atoms with E-state index in [0.29, 0.717) is 49.2 Å². The third-order valence-corrected chi connectivity index (χ3v) is 11.4. The van der Waals surface area contributed by atoms with Crippen molar-refractivity contribution in [1.82, 2.24) is 24.9 Å². The maximum absolute atomic E-state index is 13.9. The fourth-order valence-corrected chi connectivity index (χ4v) is 8.86. The summed E-state index contributed by atoms with van der Waals surface area (Å²) in [6.07, 6.45) is 13.0. The minimum Gasteiger partial charge on any atom is -0.389 e. The number of amidine groups is 1. The Hall–Kier alpha value is -3.82.